The van der Waals surface area contributed by atoms with Gasteiger partial charge in [0.15, 0.2) is 5.60 Å². The lowest BCUT2D eigenvalue weighted by Crippen LogP contribution is -2.51. The third-order valence-corrected chi connectivity index (χ3v) is 14.4. The minimum Gasteiger partial charge on any atom is -0.497 e. The maximum absolute atomic E-state index is 14.9. The van der Waals surface area contributed by atoms with Crippen molar-refractivity contribution in [3.63, 3.8) is 0 Å². The van der Waals surface area contributed by atoms with E-state index in [2.05, 4.69) is 37.5 Å². The molecule has 4 aromatic carbocycles. The Morgan fingerprint density at radius 3 is 2.23 bits per heavy atom. The molecule has 0 aromatic heterocycles. The summed E-state index contributed by atoms with van der Waals surface area (Å²) in [5.41, 5.74) is 2.57. The van der Waals surface area contributed by atoms with Crippen molar-refractivity contribution in [1.82, 2.24) is 0 Å². The maximum Gasteiger partial charge on any atom is 0.264 e. The molecule has 9 heteroatoms. The monoisotopic (exact) mass is 650 g/mol. The van der Waals surface area contributed by atoms with E-state index in [1.165, 1.54) is 5.19 Å². The number of fused-ring (bicyclic) bond motifs is 2. The van der Waals surface area contributed by atoms with Gasteiger partial charge in [-0.05, 0) is 72.1 Å². The van der Waals surface area contributed by atoms with E-state index >= 15 is 0 Å². The number of hydrogen-bond donors (Lipinski definition) is 2. The molecule has 2 N–H and O–H groups in total. The highest BCUT2D eigenvalue weighted by Crippen LogP contribution is 2.60. The second kappa shape index (κ2) is 13.0. The molecule has 0 saturated carbocycles. The molecule has 2 heterocycles. The molecular weight excluding hydrogens is 609 g/mol. The fraction of sp³-hybridized carbons (Fsp3) is 0.316. The first-order valence-electron chi connectivity index (χ1n) is 16.0. The molecule has 6 rings (SSSR count). The van der Waals surface area contributed by atoms with Crippen LogP contribution in [0, 0.1) is 5.92 Å². The van der Waals surface area contributed by atoms with Crippen LogP contribution in [0.1, 0.15) is 34.8 Å². The predicted molar refractivity (Wildman–Crippen MR) is 186 cm³/mol. The van der Waals surface area contributed by atoms with Crippen LogP contribution in [0.5, 0.6) is 11.5 Å². The normalized spacial score (nSPS) is 22.0. The number of ether oxygens (including phenoxy) is 3. The molecule has 2 aliphatic rings. The van der Waals surface area contributed by atoms with Gasteiger partial charge in [-0.25, -0.2) is 0 Å². The Balaban J connectivity index is 1.33. The Morgan fingerprint density at radius 2 is 1.60 bits per heavy atom. The van der Waals surface area contributed by atoms with Crippen molar-refractivity contribution in [2.75, 3.05) is 31.0 Å². The SMILES string of the molecule is COc1ccc([Si](C)(C)[C@@H]2[C@@H](CCO)O[C@]3(C(=O)N(Cc4ccc(NC(=O)c5ccccc5)cc4)c4ccc(OC)cc43)[C@H]2C)cc1. The van der Waals surface area contributed by atoms with E-state index in [1.807, 2.05) is 77.7 Å². The summed E-state index contributed by atoms with van der Waals surface area (Å²) in [6.07, 6.45) is 0.126. The van der Waals surface area contributed by atoms with Gasteiger partial charge in [0, 0.05) is 29.3 Å². The molecule has 47 heavy (non-hydrogen) atoms. The molecule has 0 radical (unpaired) electrons. The number of carbonyl (C=O) groups excluding carboxylic acids is 2. The average molecular weight is 651 g/mol. The fourth-order valence-electron chi connectivity index (χ4n) is 7.64. The van der Waals surface area contributed by atoms with E-state index in [1.54, 1.807) is 26.4 Å². The van der Waals surface area contributed by atoms with Crippen LogP contribution in [-0.4, -0.2) is 51.9 Å². The third-order valence-electron chi connectivity index (χ3n) is 10.0. The summed E-state index contributed by atoms with van der Waals surface area (Å²) >= 11 is 0. The second-order valence-electron chi connectivity index (χ2n) is 13.0. The van der Waals surface area contributed by atoms with Crippen LogP contribution < -0.4 is 24.9 Å². The number of aliphatic hydroxyl groups excluding tert-OH is 1. The number of carbonyl (C=O) groups is 2. The lowest BCUT2D eigenvalue weighted by molar-refractivity contribution is -0.146. The van der Waals surface area contributed by atoms with Gasteiger partial charge in [0.25, 0.3) is 11.8 Å². The molecule has 4 aromatic rings. The number of hydrogen-bond acceptors (Lipinski definition) is 6. The van der Waals surface area contributed by atoms with Crippen LogP contribution in [0.4, 0.5) is 11.4 Å². The highest BCUT2D eigenvalue weighted by atomic mass is 28.3. The summed E-state index contributed by atoms with van der Waals surface area (Å²) in [6.45, 7) is 7.08. The first-order chi connectivity index (χ1) is 22.6. The van der Waals surface area contributed by atoms with Crippen molar-refractivity contribution < 1.29 is 28.9 Å². The second-order valence-corrected chi connectivity index (χ2v) is 17.6. The van der Waals surface area contributed by atoms with Crippen molar-refractivity contribution in [2.45, 2.75) is 50.2 Å². The van der Waals surface area contributed by atoms with E-state index in [9.17, 15) is 14.7 Å². The molecule has 244 valence electrons. The molecule has 8 nitrogen and oxygen atoms in total. The summed E-state index contributed by atoms with van der Waals surface area (Å²) in [6, 6.07) is 30.6. The Hall–Kier alpha value is -4.44. The maximum atomic E-state index is 14.9. The molecule has 1 fully saturated rings. The van der Waals surface area contributed by atoms with Gasteiger partial charge in [-0.2, -0.15) is 0 Å². The molecule has 0 aliphatic carbocycles. The van der Waals surface area contributed by atoms with Crippen molar-refractivity contribution in [3.05, 3.63) is 114 Å². The van der Waals surface area contributed by atoms with Crippen LogP contribution in [0.2, 0.25) is 18.6 Å². The highest BCUT2D eigenvalue weighted by Gasteiger charge is 2.66. The quantitative estimate of drug-likeness (QED) is 0.201. The van der Waals surface area contributed by atoms with E-state index in [0.717, 1.165) is 22.6 Å². The zero-order valence-corrected chi connectivity index (χ0v) is 28.5. The topological polar surface area (TPSA) is 97.3 Å². The number of anilines is 2. The zero-order valence-electron chi connectivity index (χ0n) is 27.5. The van der Waals surface area contributed by atoms with Crippen molar-refractivity contribution in [1.29, 1.82) is 0 Å². The van der Waals surface area contributed by atoms with Crippen LogP contribution in [-0.2, 0) is 21.7 Å². The van der Waals surface area contributed by atoms with Gasteiger partial charge in [0.05, 0.1) is 40.6 Å². The van der Waals surface area contributed by atoms with Crippen LogP contribution in [0.15, 0.2) is 97.1 Å². The molecule has 1 saturated heterocycles. The largest absolute Gasteiger partial charge is 0.497 e. The first-order valence-corrected chi connectivity index (χ1v) is 19.1. The van der Waals surface area contributed by atoms with Gasteiger partial charge in [-0.3, -0.25) is 9.59 Å². The average Bonchev–Trinajstić information content (AvgIpc) is 3.52. The number of rotatable bonds is 10. The molecule has 2 amide bonds. The number of nitrogens with one attached hydrogen (secondary N) is 1. The summed E-state index contributed by atoms with van der Waals surface area (Å²) in [7, 11) is 1.00. The molecule has 4 atom stereocenters. The van der Waals surface area contributed by atoms with Gasteiger partial charge < -0.3 is 29.5 Å². The van der Waals surface area contributed by atoms with Crippen LogP contribution in [0.3, 0.4) is 0 Å². The Kier molecular flexibility index (Phi) is 8.98. The summed E-state index contributed by atoms with van der Waals surface area (Å²) < 4.78 is 18.1. The number of amides is 2. The van der Waals surface area contributed by atoms with Crippen molar-refractivity contribution >= 4 is 36.4 Å². The number of nitrogens with zero attached hydrogens (tertiary/aromatic N) is 1. The summed E-state index contributed by atoms with van der Waals surface area (Å²) in [5, 5.41) is 14.4. The lowest BCUT2D eigenvalue weighted by Gasteiger charge is -2.37. The van der Waals surface area contributed by atoms with E-state index < -0.39 is 13.7 Å². The van der Waals surface area contributed by atoms with Gasteiger partial charge in [0.1, 0.15) is 11.5 Å². The number of benzene rings is 4. The van der Waals surface area contributed by atoms with Gasteiger partial charge >= 0.3 is 0 Å². The summed E-state index contributed by atoms with van der Waals surface area (Å²) in [5.74, 6) is 0.979. The van der Waals surface area contributed by atoms with Crippen LogP contribution >= 0.6 is 0 Å². The van der Waals surface area contributed by atoms with Gasteiger partial charge in [0.2, 0.25) is 0 Å². The minimum atomic E-state index is -2.28. The first kappa shape index (κ1) is 32.5. The Bertz CT molecular complexity index is 1740. The molecule has 0 bridgehead atoms. The van der Waals surface area contributed by atoms with Crippen LogP contribution in [0.25, 0.3) is 0 Å². The van der Waals surface area contributed by atoms with E-state index in [0.29, 0.717) is 30.0 Å². The fourth-order valence-corrected chi connectivity index (χ4v) is 11.7. The molecule has 2 aliphatic heterocycles. The van der Waals surface area contributed by atoms with Crippen molar-refractivity contribution in [3.8, 4) is 11.5 Å². The highest BCUT2D eigenvalue weighted by molar-refractivity contribution is 6.91. The Morgan fingerprint density at radius 1 is 0.936 bits per heavy atom. The predicted octanol–water partition coefficient (Wildman–Crippen LogP) is 6.10. The minimum absolute atomic E-state index is 0.0346. The Labute approximate surface area is 277 Å². The van der Waals surface area contributed by atoms with E-state index in [-0.39, 0.29) is 36.0 Å². The lowest BCUT2D eigenvalue weighted by atomic mass is 9.82. The zero-order chi connectivity index (χ0) is 33.3. The number of aliphatic hydroxyl groups is 1. The molecular formula is C38H42N2O6Si. The van der Waals surface area contributed by atoms with Crippen molar-refractivity contribution in [2.24, 2.45) is 5.92 Å². The van der Waals surface area contributed by atoms with E-state index in [4.69, 9.17) is 14.2 Å². The third kappa shape index (κ3) is 5.73. The smallest absolute Gasteiger partial charge is 0.264 e. The standard InChI is InChI=1S/C38H42N2O6Si/c1-25-35(47(4,5)31-18-15-29(44-2)16-19-31)34(21-22-41)46-38(25)32-23-30(45-3)17-20-33(32)40(37(38)43)24-26-11-13-28(14-12-26)39-36(42)27-9-7-6-8-10-27/h6-20,23,25,34-35,41H,21-22,24H2,1-5H3,(H,39,42)/t25-,34+,35-,38+/m0/s1. The van der Waals surface area contributed by atoms with Gasteiger partial charge in [-0.15, -0.1) is 0 Å². The number of methoxy groups -OCH3 is 2. The molecule has 1 spiro atoms. The summed E-state index contributed by atoms with van der Waals surface area (Å²) in [4.78, 5) is 29.3. The molecule has 0 unspecified atom stereocenters. The van der Waals surface area contributed by atoms with Gasteiger partial charge in [-0.1, -0.05) is 67.7 Å².